The number of rotatable bonds is 0. The fraction of sp³-hybridized carbons (Fsp3) is 0. The molecule has 0 heterocycles. The predicted molar refractivity (Wildman–Crippen MR) is 6.08 cm³/mol. The monoisotopic (exact) mass is 149 g/mol. The van der Waals surface area contributed by atoms with Gasteiger partial charge in [0.25, 0.3) is 0 Å². The number of hydrogen-bond donors (Lipinski definition) is 0. The summed E-state index contributed by atoms with van der Waals surface area (Å²) in [6, 6.07) is 0. The molecule has 0 saturated carbocycles. The summed E-state index contributed by atoms with van der Waals surface area (Å²) in [5, 5.41) is 16.7. The topological polar surface area (TPSA) is 80.3 Å². The Bertz CT molecular complexity index is 45.3. The summed E-state index contributed by atoms with van der Waals surface area (Å²) in [7, 11) is 0. The van der Waals surface area contributed by atoms with Crippen LogP contribution in [0.4, 0.5) is 4.79 Å². The van der Waals surface area contributed by atoms with Crippen LogP contribution in [-0.4, -0.2) is 6.16 Å². The van der Waals surface area contributed by atoms with E-state index in [4.69, 9.17) is 18.9 Å². The van der Waals surface area contributed by atoms with Gasteiger partial charge in [0.2, 0.25) is 0 Å². The van der Waals surface area contributed by atoms with Gasteiger partial charge in [-0.1, -0.05) is 0 Å². The van der Waals surface area contributed by atoms with Crippen molar-refractivity contribution < 1.29 is 72.3 Å². The molecular weight excluding hydrogens is 149 g/mol. The Kier molecular flexibility index (Phi) is 72.9. The van der Waals surface area contributed by atoms with E-state index in [0.29, 0.717) is 0 Å². The van der Waals surface area contributed by atoms with E-state index in [9.17, 15) is 0 Å². The van der Waals surface area contributed by atoms with Crippen molar-refractivity contribution in [2.75, 3.05) is 0 Å². The molecule has 4 nitrogen and oxygen atoms in total. The second-order valence-corrected chi connectivity index (χ2v) is 0.250. The second-order valence-electron chi connectivity index (χ2n) is 0.250. The van der Waals surface area contributed by atoms with Crippen LogP contribution in [-0.2, 0) is 19.5 Å². The first-order valence-electron chi connectivity index (χ1n) is 0.748. The summed E-state index contributed by atoms with van der Waals surface area (Å²) in [5.41, 5.74) is 0. The van der Waals surface area contributed by atoms with E-state index in [-0.39, 0.29) is 37.7 Å². The number of carbonyl (C=O) groups is 1. The zero-order valence-electron chi connectivity index (χ0n) is 4.47. The van der Waals surface area contributed by atoms with Gasteiger partial charge in [-0.05, 0) is 6.16 Å². The van der Waals surface area contributed by atoms with Gasteiger partial charge in [0.1, 0.15) is 0 Å². The van der Waals surface area contributed by atoms with Crippen LogP contribution in [0, 0.1) is 0 Å². The minimum absolute atomic E-state index is 0. The molecule has 0 aromatic heterocycles. The van der Waals surface area contributed by atoms with Crippen LogP contribution in [0.3, 0.4) is 0 Å². The van der Waals surface area contributed by atoms with E-state index in [1.165, 1.54) is 0 Å². The van der Waals surface area contributed by atoms with Crippen LogP contribution < -0.4 is 47.9 Å². The van der Waals surface area contributed by atoms with Crippen molar-refractivity contribution in [3.63, 3.8) is 0 Å². The third kappa shape index (κ3) is 379. The quantitative estimate of drug-likeness (QED) is 0.320. The van der Waals surface area contributed by atoms with E-state index < -0.39 is 6.16 Å². The maximum atomic E-state index is 8.33. The van der Waals surface area contributed by atoms with Crippen molar-refractivity contribution in [1.82, 2.24) is 0 Å². The van der Waals surface area contributed by atoms with Crippen LogP contribution in [0.15, 0.2) is 0 Å². The van der Waals surface area contributed by atoms with E-state index in [1.807, 2.05) is 0 Å². The zero-order valence-corrected chi connectivity index (χ0v) is 5.51. The van der Waals surface area contributed by atoms with Gasteiger partial charge in [0.15, 0.2) is 0 Å². The van der Waals surface area contributed by atoms with Crippen molar-refractivity contribution in [3.05, 3.63) is 0 Å². The van der Waals surface area contributed by atoms with Crippen LogP contribution in [0.5, 0.6) is 0 Å². The SMILES string of the molecule is O=C([O-])[O-].[Li+].[Li+].[O]=[Co]. The Morgan fingerprint density at radius 2 is 1.12 bits per heavy atom. The van der Waals surface area contributed by atoms with Crippen LogP contribution >= 0.6 is 0 Å². The average molecular weight is 149 g/mol. The molecule has 0 atom stereocenters. The molecule has 0 unspecified atom stereocenters. The summed E-state index contributed by atoms with van der Waals surface area (Å²) >= 11 is 2.31. The Labute approximate surface area is 78.2 Å². The molecule has 0 radical (unpaired) electrons. The van der Waals surface area contributed by atoms with Crippen molar-refractivity contribution in [2.45, 2.75) is 0 Å². The average Bonchev–Trinajstić information content (AvgIpc) is 1.41. The van der Waals surface area contributed by atoms with Crippen LogP contribution in [0.2, 0.25) is 0 Å². The Morgan fingerprint density at radius 3 is 1.12 bits per heavy atom. The van der Waals surface area contributed by atoms with Gasteiger partial charge < -0.3 is 15.0 Å². The molecule has 8 heavy (non-hydrogen) atoms. The van der Waals surface area contributed by atoms with Gasteiger partial charge in [-0.15, -0.1) is 0 Å². The fourth-order valence-corrected chi connectivity index (χ4v) is 0. The van der Waals surface area contributed by atoms with E-state index >= 15 is 0 Å². The molecule has 0 amide bonds. The summed E-state index contributed by atoms with van der Waals surface area (Å²) in [6.07, 6.45) is -2.33. The van der Waals surface area contributed by atoms with Crippen molar-refractivity contribution >= 4 is 6.16 Å². The van der Waals surface area contributed by atoms with Gasteiger partial charge in [-0.3, -0.25) is 0 Å². The Hall–Kier alpha value is 0.771. The third-order valence-corrected chi connectivity index (χ3v) is 0. The van der Waals surface area contributed by atoms with Crippen molar-refractivity contribution in [2.24, 2.45) is 0 Å². The molecular formula is CCoLi2O4. The van der Waals surface area contributed by atoms with Crippen molar-refractivity contribution in [1.29, 1.82) is 0 Å². The molecule has 0 aliphatic carbocycles. The maximum absolute atomic E-state index is 8.33. The van der Waals surface area contributed by atoms with Gasteiger partial charge in [-0.2, -0.15) is 0 Å². The first-order valence-corrected chi connectivity index (χ1v) is 1.17. The normalized spacial score (nSPS) is 3.62. The zero-order chi connectivity index (χ0) is 5.58. The fourth-order valence-electron chi connectivity index (χ4n) is 0. The van der Waals surface area contributed by atoms with E-state index in [1.54, 1.807) is 0 Å². The standard InChI is InChI=1S/CH2O3.Co.2Li.O/c2-1(3)4;;;;/h(H2,2,3,4);;;;/q;;2*+1;/p-2. The molecule has 0 N–H and O–H groups in total. The number of carboxylic acid groups (broad SMARTS) is 2. The molecule has 0 aliphatic rings. The van der Waals surface area contributed by atoms with Gasteiger partial charge >= 0.3 is 57.3 Å². The number of hydrogen-bond acceptors (Lipinski definition) is 4. The second kappa shape index (κ2) is 25.1. The Balaban J connectivity index is -0.0000000183. The predicted octanol–water partition coefficient (Wildman–Crippen LogP) is -8.56. The first-order chi connectivity index (χ1) is 2.73. The summed E-state index contributed by atoms with van der Waals surface area (Å²) in [5.74, 6) is 0. The molecule has 0 saturated heterocycles. The van der Waals surface area contributed by atoms with Gasteiger partial charge in [-0.25, -0.2) is 0 Å². The van der Waals surface area contributed by atoms with Crippen LogP contribution in [0.25, 0.3) is 0 Å². The van der Waals surface area contributed by atoms with Gasteiger partial charge in [0.05, 0.1) is 0 Å². The summed E-state index contributed by atoms with van der Waals surface area (Å²) < 4.78 is 7.94. The van der Waals surface area contributed by atoms with Gasteiger partial charge in [0, 0.05) is 0 Å². The summed E-state index contributed by atoms with van der Waals surface area (Å²) in [4.78, 5) is 8.33. The van der Waals surface area contributed by atoms with Crippen molar-refractivity contribution in [3.8, 4) is 0 Å². The molecule has 7 heteroatoms. The molecule has 0 aromatic carbocycles. The molecule has 39 valence electrons. The molecule has 0 spiro atoms. The molecule has 0 bridgehead atoms. The molecule has 0 rings (SSSR count). The van der Waals surface area contributed by atoms with E-state index in [0.717, 1.165) is 0 Å². The van der Waals surface area contributed by atoms with E-state index in [2.05, 4.69) is 15.7 Å². The Morgan fingerprint density at radius 1 is 1.12 bits per heavy atom. The molecule has 0 aromatic rings. The molecule has 0 aliphatic heterocycles. The minimum atomic E-state index is -2.33. The summed E-state index contributed by atoms with van der Waals surface area (Å²) in [6.45, 7) is 0. The number of carbonyl (C=O) groups excluding carboxylic acids is 1. The first kappa shape index (κ1) is 23.3. The van der Waals surface area contributed by atoms with Crippen LogP contribution in [0.1, 0.15) is 0 Å². The third-order valence-electron chi connectivity index (χ3n) is 0. The molecule has 0 fully saturated rings.